The molecule has 0 aliphatic carbocycles. The van der Waals surface area contributed by atoms with Crippen LogP contribution in [0.5, 0.6) is 0 Å². The van der Waals surface area contributed by atoms with Crippen LogP contribution in [0.4, 0.5) is 0 Å². The lowest BCUT2D eigenvalue weighted by atomic mass is 10.8. The molecule has 4 heteroatoms. The highest BCUT2D eigenvalue weighted by atomic mass is 32.2. The number of hydrogen-bond acceptors (Lipinski definition) is 3. The van der Waals surface area contributed by atoms with E-state index >= 15 is 0 Å². The zero-order chi connectivity index (χ0) is 8.48. The van der Waals surface area contributed by atoms with E-state index < -0.39 is 8.32 Å². The van der Waals surface area contributed by atoms with Gasteiger partial charge in [0.2, 0.25) is 8.32 Å². The van der Waals surface area contributed by atoms with Gasteiger partial charge in [0.05, 0.1) is 10.8 Å². The Morgan fingerprint density at radius 3 is 2.55 bits per heavy atom. The summed E-state index contributed by atoms with van der Waals surface area (Å²) in [5.41, 5.74) is 0. The molecule has 62 valence electrons. The molecule has 0 N–H and O–H groups in total. The van der Waals surface area contributed by atoms with Gasteiger partial charge in [-0.25, -0.2) is 4.99 Å². The van der Waals surface area contributed by atoms with E-state index in [9.17, 15) is 0 Å². The number of hydrogen-bond donors (Lipinski definition) is 0. The van der Waals surface area contributed by atoms with Crippen LogP contribution in [0, 0.1) is 0 Å². The number of rotatable bonds is 1. The molecule has 0 spiro atoms. The van der Waals surface area contributed by atoms with Gasteiger partial charge in [-0.15, -0.1) is 0 Å². The van der Waals surface area contributed by atoms with Crippen molar-refractivity contribution in [2.75, 3.05) is 5.75 Å². The van der Waals surface area contributed by atoms with E-state index in [0.29, 0.717) is 0 Å². The third kappa shape index (κ3) is 3.12. The summed E-state index contributed by atoms with van der Waals surface area (Å²) in [5, 5.41) is 0.873. The van der Waals surface area contributed by atoms with Crippen LogP contribution in [-0.4, -0.2) is 20.0 Å². The molecule has 0 bridgehead atoms. The summed E-state index contributed by atoms with van der Waals surface area (Å²) < 4.78 is 5.68. The van der Waals surface area contributed by atoms with Crippen LogP contribution in [0.1, 0.15) is 0 Å². The van der Waals surface area contributed by atoms with E-state index in [1.165, 1.54) is 0 Å². The first kappa shape index (κ1) is 8.87. The van der Waals surface area contributed by atoms with Crippen molar-refractivity contribution in [2.24, 2.45) is 4.99 Å². The summed E-state index contributed by atoms with van der Waals surface area (Å²) in [6, 6.07) is 0. The Hall–Kier alpha value is -0.223. The highest BCUT2D eigenvalue weighted by Crippen LogP contribution is 2.23. The van der Waals surface area contributed by atoms with Crippen LogP contribution in [0.25, 0.3) is 0 Å². The first-order valence-corrected chi connectivity index (χ1v) is 7.95. The van der Waals surface area contributed by atoms with Crippen LogP contribution >= 0.6 is 11.8 Å². The van der Waals surface area contributed by atoms with Crippen molar-refractivity contribution < 1.29 is 4.43 Å². The van der Waals surface area contributed by atoms with Crippen molar-refractivity contribution in [2.45, 2.75) is 19.6 Å². The quantitative estimate of drug-likeness (QED) is 0.588. The molecule has 0 aromatic heterocycles. The van der Waals surface area contributed by atoms with Crippen LogP contribution in [-0.2, 0) is 4.43 Å². The fourth-order valence-electron chi connectivity index (χ4n) is 0.754. The average Bonchev–Trinajstić information content (AvgIpc) is 2.10. The largest absolute Gasteiger partial charge is 0.534 e. The van der Waals surface area contributed by atoms with Crippen molar-refractivity contribution in [1.29, 1.82) is 0 Å². The van der Waals surface area contributed by atoms with Crippen molar-refractivity contribution in [1.82, 2.24) is 0 Å². The van der Waals surface area contributed by atoms with Crippen molar-refractivity contribution >= 4 is 26.0 Å². The maximum absolute atomic E-state index is 5.68. The molecule has 0 unspecified atom stereocenters. The van der Waals surface area contributed by atoms with Gasteiger partial charge in [-0.2, -0.15) is 0 Å². The summed E-state index contributed by atoms with van der Waals surface area (Å²) in [4.78, 5) is 4.17. The Labute approximate surface area is 72.9 Å². The summed E-state index contributed by atoms with van der Waals surface area (Å²) in [6.07, 6.45) is 0. The molecule has 0 aromatic rings. The molecule has 0 radical (unpaired) electrons. The van der Waals surface area contributed by atoms with Gasteiger partial charge < -0.3 is 4.43 Å². The lowest BCUT2D eigenvalue weighted by Crippen LogP contribution is -2.29. The van der Waals surface area contributed by atoms with E-state index in [1.54, 1.807) is 11.8 Å². The summed E-state index contributed by atoms with van der Waals surface area (Å²) in [5.74, 6) is 1.72. The SMILES string of the molecule is C=C1N=C(O[Si](C)(C)C)CS1. The molecule has 1 heterocycles. The van der Waals surface area contributed by atoms with Crippen LogP contribution in [0.2, 0.25) is 19.6 Å². The Bertz CT molecular complexity index is 207. The molecule has 2 nitrogen and oxygen atoms in total. The van der Waals surface area contributed by atoms with E-state index in [1.807, 2.05) is 0 Å². The lowest BCUT2D eigenvalue weighted by molar-refractivity contribution is 0.550. The molecular weight excluding hydrogens is 174 g/mol. The van der Waals surface area contributed by atoms with Crippen LogP contribution in [0.15, 0.2) is 16.6 Å². The van der Waals surface area contributed by atoms with Gasteiger partial charge in [-0.3, -0.25) is 0 Å². The summed E-state index contributed by atoms with van der Waals surface area (Å²) in [7, 11) is -1.44. The smallest absolute Gasteiger partial charge is 0.243 e. The van der Waals surface area contributed by atoms with Crippen molar-refractivity contribution in [3.8, 4) is 0 Å². The van der Waals surface area contributed by atoms with Gasteiger partial charge in [0.25, 0.3) is 0 Å². The fourth-order valence-corrected chi connectivity index (χ4v) is 2.26. The fraction of sp³-hybridized carbons (Fsp3) is 0.571. The van der Waals surface area contributed by atoms with Gasteiger partial charge in [-0.05, 0) is 19.6 Å². The predicted octanol–water partition coefficient (Wildman–Crippen LogP) is 2.45. The Morgan fingerprint density at radius 1 is 1.55 bits per heavy atom. The number of nitrogens with zero attached hydrogens (tertiary/aromatic N) is 1. The zero-order valence-electron chi connectivity index (χ0n) is 7.18. The molecule has 0 saturated heterocycles. The van der Waals surface area contributed by atoms with Crippen LogP contribution < -0.4 is 0 Å². The van der Waals surface area contributed by atoms with E-state index in [4.69, 9.17) is 4.43 Å². The standard InChI is InChI=1S/C7H13NOSSi/c1-6-8-7(5-10-6)9-11(2,3)4/h1,5H2,2-4H3. The first-order chi connectivity index (χ1) is 4.97. The second-order valence-corrected chi connectivity index (χ2v) is 8.88. The molecular formula is C7H13NOSSi. The van der Waals surface area contributed by atoms with Gasteiger partial charge in [0.1, 0.15) is 0 Å². The van der Waals surface area contributed by atoms with E-state index in [2.05, 4.69) is 31.2 Å². The molecule has 11 heavy (non-hydrogen) atoms. The van der Waals surface area contributed by atoms with Gasteiger partial charge in [-0.1, -0.05) is 18.3 Å². The van der Waals surface area contributed by atoms with Crippen molar-refractivity contribution in [3.05, 3.63) is 11.6 Å². The maximum Gasteiger partial charge on any atom is 0.243 e. The number of thioether (sulfide) groups is 1. The minimum Gasteiger partial charge on any atom is -0.534 e. The molecule has 0 aromatic carbocycles. The van der Waals surface area contributed by atoms with E-state index in [0.717, 1.165) is 16.7 Å². The zero-order valence-corrected chi connectivity index (χ0v) is 8.99. The molecule has 1 aliphatic rings. The summed E-state index contributed by atoms with van der Waals surface area (Å²) in [6.45, 7) is 10.2. The molecule has 1 rings (SSSR count). The maximum atomic E-state index is 5.68. The number of aliphatic imine (C=N–C) groups is 1. The lowest BCUT2D eigenvalue weighted by Gasteiger charge is -2.17. The predicted molar refractivity (Wildman–Crippen MR) is 53.5 cm³/mol. The highest BCUT2D eigenvalue weighted by molar-refractivity contribution is 8.04. The minimum absolute atomic E-state index is 0.860. The Morgan fingerprint density at radius 2 is 2.18 bits per heavy atom. The molecule has 1 aliphatic heterocycles. The Kier molecular flexibility index (Phi) is 2.44. The second-order valence-electron chi connectivity index (χ2n) is 3.40. The summed E-state index contributed by atoms with van der Waals surface area (Å²) >= 11 is 1.65. The average molecular weight is 187 g/mol. The molecule has 0 atom stereocenters. The minimum atomic E-state index is -1.44. The molecule has 0 saturated carbocycles. The topological polar surface area (TPSA) is 21.6 Å². The Balaban J connectivity index is 2.51. The second kappa shape index (κ2) is 3.03. The monoisotopic (exact) mass is 187 g/mol. The van der Waals surface area contributed by atoms with Gasteiger partial charge in [0.15, 0.2) is 5.90 Å². The van der Waals surface area contributed by atoms with Crippen LogP contribution in [0.3, 0.4) is 0 Å². The normalized spacial score (nSPS) is 18.5. The molecule has 0 fully saturated rings. The van der Waals surface area contributed by atoms with Crippen molar-refractivity contribution in [3.63, 3.8) is 0 Å². The van der Waals surface area contributed by atoms with E-state index in [-0.39, 0.29) is 0 Å². The highest BCUT2D eigenvalue weighted by Gasteiger charge is 2.21. The van der Waals surface area contributed by atoms with Gasteiger partial charge >= 0.3 is 0 Å². The third-order valence-electron chi connectivity index (χ3n) is 1.04. The molecule has 0 amide bonds. The van der Waals surface area contributed by atoms with Gasteiger partial charge in [0, 0.05) is 0 Å². The third-order valence-corrected chi connectivity index (χ3v) is 2.70. The first-order valence-electron chi connectivity index (χ1n) is 3.56.